The van der Waals surface area contributed by atoms with E-state index in [0.29, 0.717) is 26.2 Å². The number of hydrogen-bond acceptors (Lipinski definition) is 4. The molecule has 28 heavy (non-hydrogen) atoms. The molecule has 0 bridgehead atoms. The van der Waals surface area contributed by atoms with E-state index < -0.39 is 0 Å². The van der Waals surface area contributed by atoms with Crippen molar-refractivity contribution in [3.8, 4) is 5.75 Å². The predicted octanol–water partition coefficient (Wildman–Crippen LogP) is 2.88. The van der Waals surface area contributed by atoms with Gasteiger partial charge in [0.2, 0.25) is 5.91 Å². The topological polar surface area (TPSA) is 65.1 Å². The highest BCUT2D eigenvalue weighted by Gasteiger charge is 2.21. The molecule has 0 radical (unpaired) electrons. The molecule has 0 saturated carbocycles. The van der Waals surface area contributed by atoms with Crippen LogP contribution < -0.4 is 10.1 Å². The molecule has 0 unspecified atom stereocenters. The van der Waals surface area contributed by atoms with Crippen molar-refractivity contribution < 1.29 is 14.3 Å². The Balaban J connectivity index is 1.84. The van der Waals surface area contributed by atoms with Crippen LogP contribution in [0.25, 0.3) is 0 Å². The summed E-state index contributed by atoms with van der Waals surface area (Å²) < 4.78 is 5.62. The van der Waals surface area contributed by atoms with Crippen LogP contribution in [0.4, 0.5) is 10.5 Å². The number of ether oxygens (including phenoxy) is 1. The van der Waals surface area contributed by atoms with Crippen molar-refractivity contribution in [2.75, 3.05) is 51.1 Å². The van der Waals surface area contributed by atoms with Gasteiger partial charge in [0.25, 0.3) is 0 Å². The lowest BCUT2D eigenvalue weighted by molar-refractivity contribution is -0.132. The molecule has 1 aliphatic heterocycles. The number of anilines is 1. The van der Waals surface area contributed by atoms with E-state index in [-0.39, 0.29) is 18.0 Å². The minimum atomic E-state index is -0.102. The maximum Gasteiger partial charge on any atom is 0.321 e. The van der Waals surface area contributed by atoms with Gasteiger partial charge in [0, 0.05) is 45.0 Å². The number of likely N-dealkylation sites (N-methyl/N-ethyl adjacent to an activating group) is 1. The number of rotatable bonds is 7. The second-order valence-corrected chi connectivity index (χ2v) is 7.30. The Kier molecular flexibility index (Phi) is 8.57. The summed E-state index contributed by atoms with van der Waals surface area (Å²) in [6, 6.07) is 7.32. The number of carbonyl (C=O) groups is 2. The summed E-state index contributed by atoms with van der Waals surface area (Å²) in [5.41, 5.74) is 0.749. The summed E-state index contributed by atoms with van der Waals surface area (Å²) in [5, 5.41) is 2.95. The van der Waals surface area contributed by atoms with Gasteiger partial charge in [0.05, 0.1) is 12.6 Å². The molecule has 3 amide bonds. The standard InChI is InChI=1S/C21H34N4O3/c1-5-24(6-2)20(26)16-23-12-7-13-25(15-14-23)21(27)22-18-8-10-19(11-9-18)28-17(3)4/h8-11,17H,5-7,12-16H2,1-4H3,(H,22,27). The molecular formula is C21H34N4O3. The summed E-state index contributed by atoms with van der Waals surface area (Å²) in [4.78, 5) is 30.7. The van der Waals surface area contributed by atoms with Crippen molar-refractivity contribution in [3.05, 3.63) is 24.3 Å². The number of nitrogens with zero attached hydrogens (tertiary/aromatic N) is 3. The molecule has 1 aromatic rings. The third kappa shape index (κ3) is 6.71. The van der Waals surface area contributed by atoms with Crippen LogP contribution in [0.2, 0.25) is 0 Å². The van der Waals surface area contributed by atoms with E-state index in [2.05, 4.69) is 10.2 Å². The molecule has 0 spiro atoms. The molecule has 1 heterocycles. The number of nitrogens with one attached hydrogen (secondary N) is 1. The molecule has 1 N–H and O–H groups in total. The van der Waals surface area contributed by atoms with Crippen LogP contribution in [0.1, 0.15) is 34.1 Å². The Morgan fingerprint density at radius 1 is 1.07 bits per heavy atom. The fourth-order valence-electron chi connectivity index (χ4n) is 3.29. The zero-order valence-electron chi connectivity index (χ0n) is 17.6. The van der Waals surface area contributed by atoms with Gasteiger partial charge in [-0.1, -0.05) is 0 Å². The fraction of sp³-hybridized carbons (Fsp3) is 0.619. The van der Waals surface area contributed by atoms with E-state index >= 15 is 0 Å². The van der Waals surface area contributed by atoms with Gasteiger partial charge in [-0.3, -0.25) is 9.69 Å². The van der Waals surface area contributed by atoms with Crippen LogP contribution in [0.15, 0.2) is 24.3 Å². The van der Waals surface area contributed by atoms with Crippen molar-refractivity contribution >= 4 is 17.6 Å². The molecule has 0 aromatic heterocycles. The molecule has 1 fully saturated rings. The van der Waals surface area contributed by atoms with Gasteiger partial charge in [0.1, 0.15) is 5.75 Å². The first-order chi connectivity index (χ1) is 13.4. The summed E-state index contributed by atoms with van der Waals surface area (Å²) in [6.07, 6.45) is 0.981. The number of benzene rings is 1. The lowest BCUT2D eigenvalue weighted by Crippen LogP contribution is -2.42. The molecule has 2 rings (SSSR count). The first-order valence-electron chi connectivity index (χ1n) is 10.3. The molecule has 1 aliphatic rings. The molecule has 0 atom stereocenters. The van der Waals surface area contributed by atoms with Crippen molar-refractivity contribution in [1.29, 1.82) is 0 Å². The van der Waals surface area contributed by atoms with Gasteiger partial charge in [-0.05, 0) is 58.4 Å². The van der Waals surface area contributed by atoms with Crippen LogP contribution >= 0.6 is 0 Å². The molecule has 1 saturated heterocycles. The highest BCUT2D eigenvalue weighted by molar-refractivity contribution is 5.89. The zero-order valence-corrected chi connectivity index (χ0v) is 17.6. The Labute approximate surface area is 168 Å². The lowest BCUT2D eigenvalue weighted by atomic mass is 10.3. The van der Waals surface area contributed by atoms with Crippen molar-refractivity contribution in [3.63, 3.8) is 0 Å². The second kappa shape index (κ2) is 10.9. The highest BCUT2D eigenvalue weighted by Crippen LogP contribution is 2.17. The van der Waals surface area contributed by atoms with Crippen LogP contribution in [-0.4, -0.2) is 78.6 Å². The van der Waals surface area contributed by atoms with Gasteiger partial charge in [0.15, 0.2) is 0 Å². The average Bonchev–Trinajstić information content (AvgIpc) is 2.89. The van der Waals surface area contributed by atoms with E-state index in [0.717, 1.165) is 37.5 Å². The van der Waals surface area contributed by atoms with Crippen LogP contribution in [0, 0.1) is 0 Å². The largest absolute Gasteiger partial charge is 0.491 e. The normalized spacial score (nSPS) is 15.2. The fourth-order valence-corrected chi connectivity index (χ4v) is 3.29. The van der Waals surface area contributed by atoms with Gasteiger partial charge in [-0.15, -0.1) is 0 Å². The first-order valence-corrected chi connectivity index (χ1v) is 10.3. The summed E-state index contributed by atoms with van der Waals surface area (Å²) >= 11 is 0. The van der Waals surface area contributed by atoms with Crippen LogP contribution in [0.3, 0.4) is 0 Å². The SMILES string of the molecule is CCN(CC)C(=O)CN1CCCN(C(=O)Nc2ccc(OC(C)C)cc2)CC1. The maximum absolute atomic E-state index is 12.6. The molecule has 7 nitrogen and oxygen atoms in total. The molecule has 156 valence electrons. The van der Waals surface area contributed by atoms with Gasteiger partial charge < -0.3 is 19.9 Å². The Bertz CT molecular complexity index is 629. The van der Waals surface area contributed by atoms with E-state index in [4.69, 9.17) is 4.74 Å². The summed E-state index contributed by atoms with van der Waals surface area (Å²) in [7, 11) is 0. The minimum Gasteiger partial charge on any atom is -0.491 e. The van der Waals surface area contributed by atoms with E-state index in [1.807, 2.05) is 61.8 Å². The Morgan fingerprint density at radius 2 is 1.75 bits per heavy atom. The predicted molar refractivity (Wildman–Crippen MR) is 112 cm³/mol. The molecule has 7 heteroatoms. The van der Waals surface area contributed by atoms with Crippen molar-refractivity contribution in [2.45, 2.75) is 40.2 Å². The van der Waals surface area contributed by atoms with E-state index in [1.165, 1.54) is 0 Å². The Hall–Kier alpha value is -2.28. The lowest BCUT2D eigenvalue weighted by Gasteiger charge is -2.25. The van der Waals surface area contributed by atoms with Gasteiger partial charge in [-0.2, -0.15) is 0 Å². The van der Waals surface area contributed by atoms with Crippen molar-refractivity contribution in [2.24, 2.45) is 0 Å². The number of hydrogen-bond donors (Lipinski definition) is 1. The maximum atomic E-state index is 12.6. The first kappa shape index (κ1) is 22.0. The van der Waals surface area contributed by atoms with Gasteiger partial charge >= 0.3 is 6.03 Å². The van der Waals surface area contributed by atoms with Crippen molar-refractivity contribution in [1.82, 2.24) is 14.7 Å². The third-order valence-corrected chi connectivity index (χ3v) is 4.83. The van der Waals surface area contributed by atoms with E-state index in [9.17, 15) is 9.59 Å². The summed E-state index contributed by atoms with van der Waals surface area (Å²) in [5.74, 6) is 0.947. The van der Waals surface area contributed by atoms with E-state index in [1.54, 1.807) is 0 Å². The summed E-state index contributed by atoms with van der Waals surface area (Å²) in [6.45, 7) is 12.7. The second-order valence-electron chi connectivity index (χ2n) is 7.30. The highest BCUT2D eigenvalue weighted by atomic mass is 16.5. The number of carbonyl (C=O) groups excluding carboxylic acids is 2. The molecular weight excluding hydrogens is 356 g/mol. The molecule has 1 aromatic carbocycles. The van der Waals surface area contributed by atoms with Gasteiger partial charge in [-0.25, -0.2) is 4.79 Å². The van der Waals surface area contributed by atoms with Crippen LogP contribution in [0.5, 0.6) is 5.75 Å². The zero-order chi connectivity index (χ0) is 20.5. The Morgan fingerprint density at radius 3 is 2.36 bits per heavy atom. The quantitative estimate of drug-likeness (QED) is 0.778. The smallest absolute Gasteiger partial charge is 0.321 e. The number of urea groups is 1. The van der Waals surface area contributed by atoms with Crippen LogP contribution in [-0.2, 0) is 4.79 Å². The average molecular weight is 391 g/mol. The number of amides is 3. The third-order valence-electron chi connectivity index (χ3n) is 4.83. The minimum absolute atomic E-state index is 0.102. The molecule has 0 aliphatic carbocycles. The monoisotopic (exact) mass is 390 g/mol.